The van der Waals surface area contributed by atoms with E-state index in [-0.39, 0.29) is 6.04 Å². The van der Waals surface area contributed by atoms with E-state index in [1.165, 1.54) is 25.7 Å². The molecule has 0 saturated carbocycles. The van der Waals surface area contributed by atoms with E-state index >= 15 is 0 Å². The fourth-order valence-electron chi connectivity index (χ4n) is 1.59. The zero-order valence-corrected chi connectivity index (χ0v) is 7.21. The molecule has 0 aromatic heterocycles. The molecule has 0 aromatic carbocycles. The molecule has 0 spiro atoms. The molecule has 0 amide bonds. The van der Waals surface area contributed by atoms with E-state index in [1.54, 1.807) is 0 Å². The van der Waals surface area contributed by atoms with Gasteiger partial charge in [-0.3, -0.25) is 4.90 Å². The summed E-state index contributed by atoms with van der Waals surface area (Å²) in [5.41, 5.74) is 0. The number of rotatable bonds is 0. The zero-order chi connectivity index (χ0) is 8.10. The lowest BCUT2D eigenvalue weighted by molar-refractivity contribution is 0.249. The second kappa shape index (κ2) is 4.35. The first-order valence-corrected chi connectivity index (χ1v) is 4.44. The molecule has 1 unspecified atom stereocenters. The summed E-state index contributed by atoms with van der Waals surface area (Å²) in [4.78, 5) is 2.18. The molecule has 0 radical (unpaired) electrons. The average molecular weight is 152 g/mol. The number of nitriles is 1. The Morgan fingerprint density at radius 2 is 2.00 bits per heavy atom. The van der Waals surface area contributed by atoms with Gasteiger partial charge in [-0.15, -0.1) is 0 Å². The van der Waals surface area contributed by atoms with Crippen molar-refractivity contribution in [2.24, 2.45) is 0 Å². The molecule has 0 bridgehead atoms. The van der Waals surface area contributed by atoms with Crippen LogP contribution in [0.2, 0.25) is 0 Å². The van der Waals surface area contributed by atoms with Crippen molar-refractivity contribution in [2.45, 2.75) is 38.1 Å². The molecule has 1 atom stereocenters. The summed E-state index contributed by atoms with van der Waals surface area (Å²) >= 11 is 0. The minimum atomic E-state index is 0.176. The molecular formula is C9H16N2. The molecule has 0 N–H and O–H groups in total. The van der Waals surface area contributed by atoms with Gasteiger partial charge < -0.3 is 0 Å². The van der Waals surface area contributed by atoms with Gasteiger partial charge in [-0.05, 0) is 26.4 Å². The van der Waals surface area contributed by atoms with Gasteiger partial charge in [0.15, 0.2) is 0 Å². The Hall–Kier alpha value is -0.550. The van der Waals surface area contributed by atoms with Crippen molar-refractivity contribution in [3.05, 3.63) is 0 Å². The van der Waals surface area contributed by atoms with Crippen LogP contribution < -0.4 is 0 Å². The molecule has 1 saturated heterocycles. The molecular weight excluding hydrogens is 136 g/mol. The third-order valence-electron chi connectivity index (χ3n) is 2.42. The summed E-state index contributed by atoms with van der Waals surface area (Å²) in [5, 5.41) is 8.79. The number of nitrogens with zero attached hydrogens (tertiary/aromatic N) is 2. The second-order valence-corrected chi connectivity index (χ2v) is 3.33. The van der Waals surface area contributed by atoms with Gasteiger partial charge in [-0.2, -0.15) is 5.26 Å². The molecule has 1 rings (SSSR count). The summed E-state index contributed by atoms with van der Waals surface area (Å²) in [5.74, 6) is 0. The number of hydrogen-bond donors (Lipinski definition) is 0. The van der Waals surface area contributed by atoms with Crippen molar-refractivity contribution in [3.8, 4) is 6.07 Å². The van der Waals surface area contributed by atoms with E-state index in [4.69, 9.17) is 5.26 Å². The van der Waals surface area contributed by atoms with Crippen molar-refractivity contribution in [2.75, 3.05) is 13.6 Å². The van der Waals surface area contributed by atoms with Crippen LogP contribution in [0.1, 0.15) is 32.1 Å². The molecule has 1 heterocycles. The normalized spacial score (nSPS) is 28.5. The molecule has 2 nitrogen and oxygen atoms in total. The van der Waals surface area contributed by atoms with Gasteiger partial charge in [-0.25, -0.2) is 0 Å². The van der Waals surface area contributed by atoms with Crippen molar-refractivity contribution in [1.82, 2.24) is 4.90 Å². The van der Waals surface area contributed by atoms with Crippen molar-refractivity contribution in [1.29, 1.82) is 5.26 Å². The van der Waals surface area contributed by atoms with Gasteiger partial charge in [0, 0.05) is 0 Å². The van der Waals surface area contributed by atoms with Gasteiger partial charge in [-0.1, -0.05) is 19.3 Å². The third kappa shape index (κ3) is 2.51. The van der Waals surface area contributed by atoms with E-state index in [2.05, 4.69) is 18.0 Å². The third-order valence-corrected chi connectivity index (χ3v) is 2.42. The molecule has 0 aromatic rings. The fourth-order valence-corrected chi connectivity index (χ4v) is 1.59. The van der Waals surface area contributed by atoms with Crippen molar-refractivity contribution in [3.63, 3.8) is 0 Å². The van der Waals surface area contributed by atoms with Gasteiger partial charge >= 0.3 is 0 Å². The summed E-state index contributed by atoms with van der Waals surface area (Å²) < 4.78 is 0. The number of likely N-dealkylation sites (tertiary alicyclic amines) is 1. The Morgan fingerprint density at radius 1 is 1.27 bits per heavy atom. The minimum absolute atomic E-state index is 0.176. The molecule has 1 fully saturated rings. The van der Waals surface area contributed by atoms with Gasteiger partial charge in [0.05, 0.1) is 12.1 Å². The number of hydrogen-bond acceptors (Lipinski definition) is 2. The topological polar surface area (TPSA) is 27.0 Å². The van der Waals surface area contributed by atoms with Crippen LogP contribution in [0.25, 0.3) is 0 Å². The summed E-state index contributed by atoms with van der Waals surface area (Å²) in [7, 11) is 2.05. The van der Waals surface area contributed by atoms with E-state index in [0.29, 0.717) is 0 Å². The standard InChI is InChI=1S/C9H16N2/c1-11-7-5-3-2-4-6-9(11)8-10/h9H,2-7H2,1H3. The van der Waals surface area contributed by atoms with E-state index in [9.17, 15) is 0 Å². The van der Waals surface area contributed by atoms with Crippen LogP contribution in [-0.2, 0) is 0 Å². The van der Waals surface area contributed by atoms with Gasteiger partial charge in [0.2, 0.25) is 0 Å². The van der Waals surface area contributed by atoms with Crippen LogP contribution in [-0.4, -0.2) is 24.5 Å². The SMILES string of the molecule is CN1CCCCCCC1C#N. The van der Waals surface area contributed by atoms with Crippen LogP contribution >= 0.6 is 0 Å². The first-order chi connectivity index (χ1) is 5.34. The Labute approximate surface area is 68.8 Å². The molecule has 62 valence electrons. The highest BCUT2D eigenvalue weighted by atomic mass is 15.1. The lowest BCUT2D eigenvalue weighted by atomic mass is 10.0. The van der Waals surface area contributed by atoms with E-state index < -0.39 is 0 Å². The fraction of sp³-hybridized carbons (Fsp3) is 0.889. The maximum Gasteiger partial charge on any atom is 0.0975 e. The average Bonchev–Trinajstić information content (AvgIpc) is 1.98. The summed E-state index contributed by atoms with van der Waals surface area (Å²) in [6.07, 6.45) is 6.19. The maximum absolute atomic E-state index is 8.79. The van der Waals surface area contributed by atoms with E-state index in [1.807, 2.05) is 0 Å². The van der Waals surface area contributed by atoms with Gasteiger partial charge in [0.1, 0.15) is 0 Å². The minimum Gasteiger partial charge on any atom is -0.291 e. The predicted octanol–water partition coefficient (Wildman–Crippen LogP) is 1.77. The van der Waals surface area contributed by atoms with Crippen molar-refractivity contribution < 1.29 is 0 Å². The molecule has 1 aliphatic rings. The smallest absolute Gasteiger partial charge is 0.0975 e. The zero-order valence-electron chi connectivity index (χ0n) is 7.21. The van der Waals surface area contributed by atoms with Crippen LogP contribution in [0, 0.1) is 11.3 Å². The lowest BCUT2D eigenvalue weighted by Gasteiger charge is -2.24. The second-order valence-electron chi connectivity index (χ2n) is 3.33. The molecule has 2 heteroatoms. The van der Waals surface area contributed by atoms with Crippen LogP contribution in [0.15, 0.2) is 0 Å². The van der Waals surface area contributed by atoms with E-state index in [0.717, 1.165) is 13.0 Å². The lowest BCUT2D eigenvalue weighted by Crippen LogP contribution is -2.32. The Balaban J connectivity index is 2.41. The first kappa shape index (κ1) is 8.55. The predicted molar refractivity (Wildman–Crippen MR) is 45.1 cm³/mol. The highest BCUT2D eigenvalue weighted by Gasteiger charge is 2.14. The largest absolute Gasteiger partial charge is 0.291 e. The molecule has 11 heavy (non-hydrogen) atoms. The Bertz CT molecular complexity index is 148. The highest BCUT2D eigenvalue weighted by molar-refractivity contribution is 4.90. The quantitative estimate of drug-likeness (QED) is 0.529. The van der Waals surface area contributed by atoms with Crippen molar-refractivity contribution >= 4 is 0 Å². The maximum atomic E-state index is 8.79. The molecule has 0 aliphatic carbocycles. The molecule has 1 aliphatic heterocycles. The van der Waals surface area contributed by atoms with Crippen LogP contribution in [0.4, 0.5) is 0 Å². The summed E-state index contributed by atoms with van der Waals surface area (Å²) in [6.45, 7) is 1.10. The first-order valence-electron chi connectivity index (χ1n) is 4.44. The van der Waals surface area contributed by atoms with Crippen LogP contribution in [0.5, 0.6) is 0 Å². The Morgan fingerprint density at radius 3 is 2.73 bits per heavy atom. The Kier molecular flexibility index (Phi) is 3.38. The van der Waals surface area contributed by atoms with Gasteiger partial charge in [0.25, 0.3) is 0 Å². The summed E-state index contributed by atoms with van der Waals surface area (Å²) in [6, 6.07) is 2.52. The monoisotopic (exact) mass is 152 g/mol. The van der Waals surface area contributed by atoms with Crippen LogP contribution in [0.3, 0.4) is 0 Å². The highest BCUT2D eigenvalue weighted by Crippen LogP contribution is 2.13.